The Labute approximate surface area is 558 Å². The number of sulfonamides is 1. The van der Waals surface area contributed by atoms with E-state index in [9.17, 15) is 33.0 Å². The standard InChI is InChI=1S/C17H20N2O3.C17H14N2O3.C15H13N3O2S.C12H12N2O3.C11H12N2O2/c2*20-15(13-9-5-2-6-10-13)16(21)19-17-14(11-18-22-17)12-7-3-1-4-8-12;19-21(20,14-9-5-2-6-10-14)17-15-11-16-12-18(15)13-7-3-1-4-8-13;1-8(15)11(16)14-12-10(7-13-17-12)9-5-3-2-4-6-9;12-11-10(7-13-15-11)9-4-2-1-3-8(9)5-6-14/h1,3-4,7-8,11,13,15,20H,2,5-6,9-10H2,(H,19,21);1-11,15,20H,(H,19,21);1-12,17H;2-8,15H,1H3,(H,14,16);1-4,7,14H,5-6,12H2. The zero-order chi connectivity index (χ0) is 68.4. The van der Waals surface area contributed by atoms with E-state index in [4.69, 9.17) is 34.0 Å². The van der Waals surface area contributed by atoms with Crippen molar-refractivity contribution in [1.29, 1.82) is 0 Å². The number of hydrogen-bond acceptors (Lipinski definition) is 19. The number of aliphatic hydroxyl groups excluding tert-OH is 4. The summed E-state index contributed by atoms with van der Waals surface area (Å²) in [6.45, 7) is 1.50. The summed E-state index contributed by atoms with van der Waals surface area (Å²) in [6, 6.07) is 62.5. The lowest BCUT2D eigenvalue weighted by molar-refractivity contribution is -0.127. The molecule has 0 saturated heterocycles. The first-order chi connectivity index (χ1) is 47.2. The van der Waals surface area contributed by atoms with Crippen LogP contribution < -0.4 is 26.4 Å². The topological polar surface area (TPSA) is 362 Å². The van der Waals surface area contributed by atoms with E-state index in [1.54, 1.807) is 77.9 Å². The van der Waals surface area contributed by atoms with Crippen LogP contribution in [0.4, 0.5) is 29.4 Å². The van der Waals surface area contributed by atoms with Crippen molar-refractivity contribution >= 4 is 57.1 Å². The van der Waals surface area contributed by atoms with E-state index < -0.39 is 46.1 Å². The molecule has 25 heteroatoms. The Morgan fingerprint density at radius 1 is 0.526 bits per heavy atom. The molecule has 498 valence electrons. The van der Waals surface area contributed by atoms with Crippen molar-refractivity contribution in [3.8, 4) is 50.2 Å². The van der Waals surface area contributed by atoms with Crippen molar-refractivity contribution in [2.45, 2.75) is 68.7 Å². The third-order valence-corrected chi connectivity index (χ3v) is 16.4. The Morgan fingerprint density at radius 3 is 1.44 bits per heavy atom. The molecule has 12 aromatic rings. The fourth-order valence-corrected chi connectivity index (χ4v) is 11.1. The molecule has 3 atom stereocenters. The van der Waals surface area contributed by atoms with Crippen molar-refractivity contribution in [2.24, 2.45) is 5.92 Å². The SMILES string of the molecule is CC(O)C(=O)Nc1oncc1-c1ccccc1.Nc1oncc1-c1ccccc1CCO.O=C(Nc1oncc1-c1ccccc1)C(O)C1CCCCC1.O=C(Nc1oncc1-c1ccccc1)C(O)c1ccccc1.O=S(=O)(Nc1cncn1-c1ccccc1)c1ccccc1. The van der Waals surface area contributed by atoms with Crippen LogP contribution >= 0.6 is 0 Å². The number of amides is 3. The quantitative estimate of drug-likeness (QED) is 0.0385. The number of hydrogen-bond donors (Lipinski definition) is 9. The zero-order valence-electron chi connectivity index (χ0n) is 52.5. The van der Waals surface area contributed by atoms with Crippen molar-refractivity contribution in [3.63, 3.8) is 0 Å². The van der Waals surface area contributed by atoms with Crippen LogP contribution in [0.25, 0.3) is 50.2 Å². The van der Waals surface area contributed by atoms with Gasteiger partial charge in [0.2, 0.25) is 23.5 Å². The van der Waals surface area contributed by atoms with Gasteiger partial charge in [-0.3, -0.25) is 39.6 Å². The highest BCUT2D eigenvalue weighted by Gasteiger charge is 2.29. The first-order valence-electron chi connectivity index (χ1n) is 30.8. The van der Waals surface area contributed by atoms with Crippen LogP contribution in [-0.2, 0) is 30.8 Å². The molecule has 5 aromatic heterocycles. The van der Waals surface area contributed by atoms with Gasteiger partial charge in [-0.1, -0.05) is 222 Å². The molecular formula is C72H71N11O13S. The second kappa shape index (κ2) is 35.1. The number of para-hydroxylation sites is 1. The van der Waals surface area contributed by atoms with Crippen LogP contribution in [0.15, 0.2) is 267 Å². The number of nitrogens with one attached hydrogen (secondary N) is 4. The fourth-order valence-electron chi connectivity index (χ4n) is 10.0. The highest BCUT2D eigenvalue weighted by atomic mass is 32.2. The van der Waals surface area contributed by atoms with E-state index in [1.165, 1.54) is 31.9 Å². The molecular weight excluding hydrogens is 1260 g/mol. The number of benzene rings is 7. The number of imidazole rings is 1. The number of anilines is 5. The van der Waals surface area contributed by atoms with Crippen LogP contribution in [0.1, 0.15) is 56.3 Å². The summed E-state index contributed by atoms with van der Waals surface area (Å²) in [4.78, 5) is 40.0. The van der Waals surface area contributed by atoms with Gasteiger partial charge in [0.15, 0.2) is 6.10 Å². The van der Waals surface area contributed by atoms with E-state index >= 15 is 0 Å². The summed E-state index contributed by atoms with van der Waals surface area (Å²) in [6.07, 6.45) is 11.6. The van der Waals surface area contributed by atoms with Gasteiger partial charge >= 0.3 is 0 Å². The lowest BCUT2D eigenvalue weighted by Crippen LogP contribution is -2.35. The molecule has 10 N–H and O–H groups in total. The largest absolute Gasteiger partial charge is 0.396 e. The van der Waals surface area contributed by atoms with E-state index in [2.05, 4.69) is 46.3 Å². The number of aliphatic hydroxyl groups is 4. The third-order valence-electron chi connectivity index (χ3n) is 15.0. The van der Waals surface area contributed by atoms with Gasteiger partial charge in [0, 0.05) is 12.3 Å². The Bertz CT molecular complexity index is 4470. The minimum atomic E-state index is -3.62. The number of nitrogens with two attached hydrogens (primary N) is 1. The maximum atomic E-state index is 12.3. The van der Waals surface area contributed by atoms with E-state index in [0.29, 0.717) is 40.4 Å². The molecule has 0 aliphatic heterocycles. The monoisotopic (exact) mass is 1330 g/mol. The van der Waals surface area contributed by atoms with Crippen molar-refractivity contribution in [3.05, 3.63) is 255 Å². The predicted molar refractivity (Wildman–Crippen MR) is 365 cm³/mol. The Morgan fingerprint density at radius 2 is 0.959 bits per heavy atom. The van der Waals surface area contributed by atoms with Crippen molar-refractivity contribution < 1.29 is 61.3 Å². The van der Waals surface area contributed by atoms with E-state index in [-0.39, 0.29) is 35.1 Å². The molecule has 24 nitrogen and oxygen atoms in total. The summed E-state index contributed by atoms with van der Waals surface area (Å²) in [5, 5.41) is 60.8. The molecule has 13 rings (SSSR count). The highest BCUT2D eigenvalue weighted by Crippen LogP contribution is 2.33. The Balaban J connectivity index is 0.000000143. The lowest BCUT2D eigenvalue weighted by Gasteiger charge is -2.25. The normalized spacial score (nSPS) is 12.8. The van der Waals surface area contributed by atoms with Gasteiger partial charge < -0.3 is 44.3 Å². The number of nitrogens with zero attached hydrogens (tertiary/aromatic N) is 6. The van der Waals surface area contributed by atoms with Crippen molar-refractivity contribution in [2.75, 3.05) is 33.0 Å². The summed E-state index contributed by atoms with van der Waals surface area (Å²) >= 11 is 0. The lowest BCUT2D eigenvalue weighted by atomic mass is 9.85. The van der Waals surface area contributed by atoms with Gasteiger partial charge in [-0.25, -0.2) is 13.4 Å². The number of carbonyl (C=O) groups excluding carboxylic acids is 3. The number of rotatable bonds is 18. The molecule has 3 amide bonds. The Hall–Kier alpha value is -11.6. The number of aromatic nitrogens is 6. The molecule has 7 aromatic carbocycles. The first kappa shape index (κ1) is 69.7. The van der Waals surface area contributed by atoms with Crippen LogP contribution in [0.2, 0.25) is 0 Å². The molecule has 97 heavy (non-hydrogen) atoms. The molecule has 0 bridgehead atoms. The van der Waals surface area contributed by atoms with Gasteiger partial charge in [0.25, 0.3) is 27.7 Å². The average molecular weight is 1330 g/mol. The summed E-state index contributed by atoms with van der Waals surface area (Å²) in [5.41, 5.74) is 14.5. The van der Waals surface area contributed by atoms with Crippen LogP contribution in [-0.4, -0.2) is 95.6 Å². The average Bonchev–Trinajstić information content (AvgIpc) is 1.89. The smallest absolute Gasteiger partial charge is 0.263 e. The van der Waals surface area contributed by atoms with Gasteiger partial charge in [-0.15, -0.1) is 0 Å². The summed E-state index contributed by atoms with van der Waals surface area (Å²) < 4.78 is 48.9. The number of carbonyl (C=O) groups is 3. The Kier molecular flexibility index (Phi) is 25.2. The summed E-state index contributed by atoms with van der Waals surface area (Å²) in [5.74, 6) is -0.0403. The molecule has 1 aliphatic carbocycles. The van der Waals surface area contributed by atoms with E-state index in [1.807, 2.05) is 152 Å². The van der Waals surface area contributed by atoms with Gasteiger partial charge in [-0.05, 0) is 89.8 Å². The van der Waals surface area contributed by atoms with Gasteiger partial charge in [0.05, 0.1) is 58.1 Å². The third kappa shape index (κ3) is 19.5. The van der Waals surface area contributed by atoms with Gasteiger partial charge in [-0.2, -0.15) is 0 Å². The van der Waals surface area contributed by atoms with Crippen LogP contribution in [0.5, 0.6) is 0 Å². The molecule has 0 radical (unpaired) electrons. The second-order valence-electron chi connectivity index (χ2n) is 21.7. The second-order valence-corrected chi connectivity index (χ2v) is 23.4. The maximum absolute atomic E-state index is 12.3. The molecule has 3 unspecified atom stereocenters. The van der Waals surface area contributed by atoms with Gasteiger partial charge in [0.1, 0.15) is 24.4 Å². The fraction of sp³-hybridized carbons (Fsp3) is 0.167. The van der Waals surface area contributed by atoms with Crippen LogP contribution in [0.3, 0.4) is 0 Å². The number of nitrogen functional groups attached to an aromatic ring is 1. The molecule has 1 fully saturated rings. The zero-order valence-corrected chi connectivity index (χ0v) is 53.3. The predicted octanol–water partition coefficient (Wildman–Crippen LogP) is 12.0. The molecule has 1 saturated carbocycles. The van der Waals surface area contributed by atoms with Crippen LogP contribution in [0, 0.1) is 5.92 Å². The molecule has 5 heterocycles. The molecule has 1 aliphatic rings. The molecule has 0 spiro atoms. The van der Waals surface area contributed by atoms with E-state index in [0.717, 1.165) is 64.8 Å². The maximum Gasteiger partial charge on any atom is 0.263 e. The minimum Gasteiger partial charge on any atom is -0.396 e. The highest BCUT2D eigenvalue weighted by molar-refractivity contribution is 7.92. The first-order valence-corrected chi connectivity index (χ1v) is 32.2. The summed E-state index contributed by atoms with van der Waals surface area (Å²) in [7, 11) is -3.62. The minimum absolute atomic E-state index is 0.0387. The van der Waals surface area contributed by atoms with Crippen molar-refractivity contribution in [1.82, 2.24) is 30.2 Å².